The van der Waals surface area contributed by atoms with Crippen LogP contribution >= 0.6 is 52.2 Å². The topological polar surface area (TPSA) is 9.23 Å². The van der Waals surface area contributed by atoms with Gasteiger partial charge in [-0.15, -0.1) is 0 Å². The van der Waals surface area contributed by atoms with Gasteiger partial charge in [-0.05, 0) is 46.9 Å². The number of hydrogen-bond acceptors (Lipinski definition) is 1. The lowest BCUT2D eigenvalue weighted by atomic mass is 11.1. The third-order valence-electron chi connectivity index (χ3n) is 0.377. The van der Waals surface area contributed by atoms with Crippen LogP contribution in [0.3, 0.4) is 0 Å². The molecular weight excluding hydrogens is 323 g/mol. The second-order valence-electron chi connectivity index (χ2n) is 0.909. The number of rotatable bonds is 2. The molecule has 0 fully saturated rings. The Bertz CT molecular complexity index is 92.5. The Morgan fingerprint density at radius 3 is 2.25 bits per heavy atom. The maximum atomic E-state index is 4.71. The molecule has 8 heavy (non-hydrogen) atoms. The molecule has 0 heterocycles. The van der Waals surface area contributed by atoms with E-state index < -0.39 is 0 Å². The van der Waals surface area contributed by atoms with E-state index in [-0.39, 0.29) is 5.33 Å². The molecular formula is C3H4Br3OP. The van der Waals surface area contributed by atoms with Crippen LogP contribution in [0, 0.1) is 0 Å². The average Bonchev–Trinajstić information content (AvgIpc) is 1.67. The lowest BCUT2D eigenvalue weighted by molar-refractivity contribution is 0.338. The maximum Gasteiger partial charge on any atom is 0.0987 e. The van der Waals surface area contributed by atoms with E-state index in [1.54, 1.807) is 13.4 Å². The van der Waals surface area contributed by atoms with Gasteiger partial charge in [0.15, 0.2) is 0 Å². The van der Waals surface area contributed by atoms with E-state index in [4.69, 9.17) is 4.74 Å². The number of ether oxygens (including phenoxy) is 1. The summed E-state index contributed by atoms with van der Waals surface area (Å²) in [5, 5.41) is -0.390. The number of hydrogen-bond donors (Lipinski definition) is 0. The first-order chi connectivity index (χ1) is 3.68. The first kappa shape index (κ1) is 9.41. The first-order valence-corrected chi connectivity index (χ1v) is 7.86. The Labute approximate surface area is 74.2 Å². The van der Waals surface area contributed by atoms with Crippen LogP contribution in [-0.4, -0.2) is 7.11 Å². The SMILES string of the molecule is CO/C=C(\Br)P(Br)Br. The van der Waals surface area contributed by atoms with Gasteiger partial charge in [0, 0.05) is 0 Å². The van der Waals surface area contributed by atoms with E-state index in [1.807, 2.05) is 0 Å². The third kappa shape index (κ3) is 4.30. The predicted molar refractivity (Wildman–Crippen MR) is 48.8 cm³/mol. The highest BCUT2D eigenvalue weighted by atomic mass is 79.9. The molecule has 0 aliphatic carbocycles. The molecule has 0 amide bonds. The zero-order valence-electron chi connectivity index (χ0n) is 4.07. The molecule has 0 aromatic rings. The summed E-state index contributed by atoms with van der Waals surface area (Å²) in [6, 6.07) is 0. The van der Waals surface area contributed by atoms with E-state index in [0.717, 1.165) is 4.22 Å². The Balaban J connectivity index is 3.61. The summed E-state index contributed by atoms with van der Waals surface area (Å²) in [5.41, 5.74) is 0. The molecule has 1 nitrogen and oxygen atoms in total. The predicted octanol–water partition coefficient (Wildman–Crippen LogP) is 3.93. The van der Waals surface area contributed by atoms with Crippen molar-refractivity contribution in [2.24, 2.45) is 0 Å². The largest absolute Gasteiger partial charge is 0.503 e. The molecule has 0 aliphatic rings. The van der Waals surface area contributed by atoms with Gasteiger partial charge in [0.25, 0.3) is 0 Å². The molecule has 5 heteroatoms. The van der Waals surface area contributed by atoms with Gasteiger partial charge in [-0.25, -0.2) is 0 Å². The van der Waals surface area contributed by atoms with Crippen molar-refractivity contribution < 1.29 is 4.74 Å². The second-order valence-corrected chi connectivity index (χ2v) is 10.4. The smallest absolute Gasteiger partial charge is 0.0987 e. The highest BCUT2D eigenvalue weighted by Gasteiger charge is 2.00. The van der Waals surface area contributed by atoms with Crippen LogP contribution in [-0.2, 0) is 4.74 Å². The molecule has 0 unspecified atom stereocenters. The van der Waals surface area contributed by atoms with Gasteiger partial charge < -0.3 is 4.74 Å². The van der Waals surface area contributed by atoms with Crippen LogP contribution < -0.4 is 0 Å². The van der Waals surface area contributed by atoms with E-state index >= 15 is 0 Å². The van der Waals surface area contributed by atoms with Crippen LogP contribution in [0.1, 0.15) is 0 Å². The summed E-state index contributed by atoms with van der Waals surface area (Å²) in [4.78, 5) is 0. The standard InChI is InChI=1S/C3H4Br3OP/c1-7-2-3(4)8(5)6/h2H,1H3/b3-2+. The average molecular weight is 327 g/mol. The quantitative estimate of drug-likeness (QED) is 0.552. The highest BCUT2D eigenvalue weighted by Crippen LogP contribution is 2.61. The third-order valence-corrected chi connectivity index (χ3v) is 7.20. The Morgan fingerprint density at radius 2 is 2.12 bits per heavy atom. The van der Waals surface area contributed by atoms with E-state index in [2.05, 4.69) is 46.9 Å². The fourth-order valence-electron chi connectivity index (χ4n) is 0.137. The van der Waals surface area contributed by atoms with Gasteiger partial charge in [-0.2, -0.15) is 0 Å². The van der Waals surface area contributed by atoms with Gasteiger partial charge >= 0.3 is 0 Å². The van der Waals surface area contributed by atoms with Gasteiger partial charge in [0.2, 0.25) is 0 Å². The van der Waals surface area contributed by atoms with Crippen molar-refractivity contribution >= 4 is 52.2 Å². The lowest BCUT2D eigenvalue weighted by Gasteiger charge is -1.95. The van der Waals surface area contributed by atoms with Crippen LogP contribution in [0.15, 0.2) is 10.5 Å². The summed E-state index contributed by atoms with van der Waals surface area (Å²) < 4.78 is 5.71. The fourth-order valence-corrected chi connectivity index (χ4v) is 1.01. The molecule has 0 saturated carbocycles. The normalized spacial score (nSPS) is 12.4. The zero-order valence-corrected chi connectivity index (χ0v) is 9.72. The Morgan fingerprint density at radius 1 is 1.62 bits per heavy atom. The molecule has 0 aliphatic heterocycles. The van der Waals surface area contributed by atoms with E-state index in [9.17, 15) is 0 Å². The minimum Gasteiger partial charge on any atom is -0.503 e. The lowest BCUT2D eigenvalue weighted by Crippen LogP contribution is -1.63. The second kappa shape index (κ2) is 5.21. The molecule has 0 aromatic carbocycles. The molecule has 0 atom stereocenters. The molecule has 0 N–H and O–H groups in total. The van der Waals surface area contributed by atoms with Crippen molar-refractivity contribution in [1.29, 1.82) is 0 Å². The van der Waals surface area contributed by atoms with Crippen LogP contribution in [0.25, 0.3) is 0 Å². The van der Waals surface area contributed by atoms with Gasteiger partial charge in [0.1, 0.15) is 0 Å². The van der Waals surface area contributed by atoms with Crippen LogP contribution in [0.4, 0.5) is 0 Å². The summed E-state index contributed by atoms with van der Waals surface area (Å²) in [6.07, 6.45) is 1.63. The molecule has 0 aromatic heterocycles. The van der Waals surface area contributed by atoms with Crippen molar-refractivity contribution in [3.8, 4) is 0 Å². The summed E-state index contributed by atoms with van der Waals surface area (Å²) >= 11 is 9.93. The van der Waals surface area contributed by atoms with Crippen molar-refractivity contribution in [3.05, 3.63) is 10.5 Å². The Kier molecular flexibility index (Phi) is 6.13. The van der Waals surface area contributed by atoms with E-state index in [0.29, 0.717) is 0 Å². The zero-order chi connectivity index (χ0) is 6.57. The fraction of sp³-hybridized carbons (Fsp3) is 0.333. The highest BCUT2D eigenvalue weighted by molar-refractivity contribution is 9.70. The first-order valence-electron chi connectivity index (χ1n) is 1.68. The van der Waals surface area contributed by atoms with Crippen molar-refractivity contribution in [1.82, 2.24) is 0 Å². The van der Waals surface area contributed by atoms with Crippen molar-refractivity contribution in [2.45, 2.75) is 0 Å². The summed E-state index contributed by atoms with van der Waals surface area (Å²) in [5.74, 6) is 0. The molecule has 0 saturated heterocycles. The number of halogens is 3. The Hall–Kier alpha value is 1.41. The van der Waals surface area contributed by atoms with Crippen LogP contribution in [0.5, 0.6) is 0 Å². The molecule has 0 spiro atoms. The monoisotopic (exact) mass is 324 g/mol. The molecule has 0 bridgehead atoms. The van der Waals surface area contributed by atoms with Gasteiger partial charge in [-0.3, -0.25) is 0 Å². The minimum atomic E-state index is -0.390. The van der Waals surface area contributed by atoms with Crippen molar-refractivity contribution in [2.75, 3.05) is 7.11 Å². The molecule has 48 valence electrons. The minimum absolute atomic E-state index is 0.390. The number of methoxy groups -OCH3 is 1. The van der Waals surface area contributed by atoms with Gasteiger partial charge in [-0.1, -0.05) is 0 Å². The van der Waals surface area contributed by atoms with E-state index in [1.165, 1.54) is 0 Å². The summed E-state index contributed by atoms with van der Waals surface area (Å²) in [7, 11) is 1.61. The van der Waals surface area contributed by atoms with Crippen LogP contribution in [0.2, 0.25) is 0 Å². The maximum absolute atomic E-state index is 4.71. The van der Waals surface area contributed by atoms with Crippen molar-refractivity contribution in [3.63, 3.8) is 0 Å². The summed E-state index contributed by atoms with van der Waals surface area (Å²) in [6.45, 7) is 0. The molecule has 0 rings (SSSR count). The van der Waals surface area contributed by atoms with Gasteiger partial charge in [0.05, 0.1) is 22.9 Å². The molecule has 0 radical (unpaired) electrons.